The standard InChI is InChI=1S/C35H34FN3O3S/c1-4-32(35(42)38-30-16-9-8-15-29(30)36)43-28-14-10-13-27(22-28)37-34(41)31(39-33(40)26-11-6-5-7-12-26)21-24-17-19-25(20-18-24)23(2)3/h5-23,32H,4H2,1-3H3,(H,37,41)(H,38,42)(H,39,40)/b31-21+. The predicted molar refractivity (Wildman–Crippen MR) is 172 cm³/mol. The smallest absolute Gasteiger partial charge is 0.272 e. The summed E-state index contributed by atoms with van der Waals surface area (Å²) in [5.41, 5.74) is 3.06. The van der Waals surface area contributed by atoms with Crippen LogP contribution < -0.4 is 16.0 Å². The van der Waals surface area contributed by atoms with Crippen LogP contribution in [0.5, 0.6) is 0 Å². The summed E-state index contributed by atoms with van der Waals surface area (Å²) in [6, 6.07) is 29.6. The lowest BCUT2D eigenvalue weighted by molar-refractivity contribution is -0.116. The van der Waals surface area contributed by atoms with Crippen LogP contribution in [0.15, 0.2) is 114 Å². The van der Waals surface area contributed by atoms with E-state index in [0.717, 1.165) is 10.5 Å². The van der Waals surface area contributed by atoms with Gasteiger partial charge in [-0.15, -0.1) is 11.8 Å². The summed E-state index contributed by atoms with van der Waals surface area (Å²) in [7, 11) is 0. The molecule has 8 heteroatoms. The van der Waals surface area contributed by atoms with Crippen molar-refractivity contribution >= 4 is 46.9 Å². The van der Waals surface area contributed by atoms with E-state index < -0.39 is 22.9 Å². The van der Waals surface area contributed by atoms with Gasteiger partial charge in [-0.25, -0.2) is 4.39 Å². The first-order valence-electron chi connectivity index (χ1n) is 14.0. The molecule has 0 heterocycles. The molecule has 1 atom stereocenters. The Morgan fingerprint density at radius 1 is 0.837 bits per heavy atom. The van der Waals surface area contributed by atoms with Crippen LogP contribution in [0.25, 0.3) is 6.08 Å². The van der Waals surface area contributed by atoms with Crippen LogP contribution in [-0.4, -0.2) is 23.0 Å². The van der Waals surface area contributed by atoms with Crippen molar-refractivity contribution in [2.45, 2.75) is 43.3 Å². The monoisotopic (exact) mass is 595 g/mol. The first kappa shape index (κ1) is 31.3. The van der Waals surface area contributed by atoms with Crippen LogP contribution in [0.3, 0.4) is 0 Å². The molecule has 0 aliphatic heterocycles. The molecule has 0 fully saturated rings. The van der Waals surface area contributed by atoms with Crippen molar-refractivity contribution in [2.75, 3.05) is 10.6 Å². The Morgan fingerprint density at radius 2 is 1.53 bits per heavy atom. The number of nitrogens with one attached hydrogen (secondary N) is 3. The van der Waals surface area contributed by atoms with E-state index in [0.29, 0.717) is 23.6 Å². The summed E-state index contributed by atoms with van der Waals surface area (Å²) >= 11 is 1.32. The molecule has 0 saturated carbocycles. The number of thioether (sulfide) groups is 1. The van der Waals surface area contributed by atoms with Gasteiger partial charge in [0.15, 0.2) is 0 Å². The molecule has 0 aliphatic rings. The molecule has 4 aromatic rings. The number of amides is 3. The molecule has 43 heavy (non-hydrogen) atoms. The number of para-hydroxylation sites is 1. The van der Waals surface area contributed by atoms with Gasteiger partial charge in [-0.05, 0) is 72.0 Å². The third-order valence-electron chi connectivity index (χ3n) is 6.61. The van der Waals surface area contributed by atoms with E-state index in [1.54, 1.807) is 60.7 Å². The molecule has 6 nitrogen and oxygen atoms in total. The number of carbonyl (C=O) groups is 3. The van der Waals surface area contributed by atoms with Gasteiger partial charge in [0.2, 0.25) is 5.91 Å². The van der Waals surface area contributed by atoms with Crippen LogP contribution in [-0.2, 0) is 9.59 Å². The molecule has 1 unspecified atom stereocenters. The number of carbonyl (C=O) groups excluding carboxylic acids is 3. The van der Waals surface area contributed by atoms with E-state index in [4.69, 9.17) is 0 Å². The van der Waals surface area contributed by atoms with Gasteiger partial charge < -0.3 is 16.0 Å². The molecule has 0 spiro atoms. The lowest BCUT2D eigenvalue weighted by Gasteiger charge is -2.16. The van der Waals surface area contributed by atoms with Crippen molar-refractivity contribution in [3.63, 3.8) is 0 Å². The van der Waals surface area contributed by atoms with Gasteiger partial charge in [0.05, 0.1) is 10.9 Å². The van der Waals surface area contributed by atoms with Gasteiger partial charge >= 0.3 is 0 Å². The number of halogens is 1. The van der Waals surface area contributed by atoms with Crippen molar-refractivity contribution in [3.05, 3.63) is 131 Å². The normalized spacial score (nSPS) is 12.0. The van der Waals surface area contributed by atoms with E-state index >= 15 is 0 Å². The highest BCUT2D eigenvalue weighted by Gasteiger charge is 2.20. The van der Waals surface area contributed by atoms with Crippen molar-refractivity contribution in [1.29, 1.82) is 0 Å². The predicted octanol–water partition coefficient (Wildman–Crippen LogP) is 7.87. The van der Waals surface area contributed by atoms with Gasteiger partial charge in [0.1, 0.15) is 11.5 Å². The molecule has 4 rings (SSSR count). The number of hydrogen-bond donors (Lipinski definition) is 3. The number of rotatable bonds is 11. The molecule has 0 aromatic heterocycles. The highest BCUT2D eigenvalue weighted by molar-refractivity contribution is 8.00. The van der Waals surface area contributed by atoms with Gasteiger partial charge in [0, 0.05) is 16.1 Å². The summed E-state index contributed by atoms with van der Waals surface area (Å²) in [6.07, 6.45) is 2.15. The second-order valence-electron chi connectivity index (χ2n) is 10.2. The average molecular weight is 596 g/mol. The first-order valence-corrected chi connectivity index (χ1v) is 14.9. The Morgan fingerprint density at radius 3 is 2.21 bits per heavy atom. The van der Waals surface area contributed by atoms with Gasteiger partial charge in [-0.3, -0.25) is 14.4 Å². The van der Waals surface area contributed by atoms with Crippen LogP contribution in [0, 0.1) is 5.82 Å². The molecule has 3 amide bonds. The molecule has 0 saturated heterocycles. The Labute approximate surface area is 255 Å². The minimum Gasteiger partial charge on any atom is -0.323 e. The Balaban J connectivity index is 1.51. The second kappa shape index (κ2) is 15.0. The Bertz CT molecular complexity index is 1600. The lowest BCUT2D eigenvalue weighted by atomic mass is 10.0. The summed E-state index contributed by atoms with van der Waals surface area (Å²) in [4.78, 5) is 40.1. The molecular formula is C35H34FN3O3S. The number of anilines is 2. The molecule has 220 valence electrons. The summed E-state index contributed by atoms with van der Waals surface area (Å²) in [5.74, 6) is -1.36. The number of benzene rings is 4. The van der Waals surface area contributed by atoms with Crippen LogP contribution >= 0.6 is 11.8 Å². The number of hydrogen-bond acceptors (Lipinski definition) is 4. The molecule has 0 radical (unpaired) electrons. The molecular weight excluding hydrogens is 561 g/mol. The van der Waals surface area contributed by atoms with Gasteiger partial charge in [-0.1, -0.05) is 81.4 Å². The van der Waals surface area contributed by atoms with Crippen molar-refractivity contribution in [2.24, 2.45) is 0 Å². The second-order valence-corrected chi connectivity index (χ2v) is 11.4. The SMILES string of the molecule is CCC(Sc1cccc(NC(=O)/C(=C\c2ccc(C(C)C)cc2)NC(=O)c2ccccc2)c1)C(=O)Nc1ccccc1F. The summed E-state index contributed by atoms with van der Waals surface area (Å²) < 4.78 is 14.1. The quantitative estimate of drug-likeness (QED) is 0.122. The maximum Gasteiger partial charge on any atom is 0.272 e. The first-order chi connectivity index (χ1) is 20.7. The van der Waals surface area contributed by atoms with Crippen molar-refractivity contribution in [1.82, 2.24) is 5.32 Å². The highest BCUT2D eigenvalue weighted by atomic mass is 32.2. The third-order valence-corrected chi connectivity index (χ3v) is 7.97. The molecule has 0 aliphatic carbocycles. The van der Waals surface area contributed by atoms with Gasteiger partial charge in [0.25, 0.3) is 11.8 Å². The zero-order valence-corrected chi connectivity index (χ0v) is 25.1. The van der Waals surface area contributed by atoms with Gasteiger partial charge in [-0.2, -0.15) is 0 Å². The van der Waals surface area contributed by atoms with E-state index in [9.17, 15) is 18.8 Å². The minimum atomic E-state index is -0.500. The Hall–Kier alpha value is -4.69. The minimum absolute atomic E-state index is 0.0832. The maximum atomic E-state index is 14.1. The summed E-state index contributed by atoms with van der Waals surface area (Å²) in [6.45, 7) is 6.09. The third kappa shape index (κ3) is 8.90. The highest BCUT2D eigenvalue weighted by Crippen LogP contribution is 2.29. The fourth-order valence-electron chi connectivity index (χ4n) is 4.19. The van der Waals surface area contributed by atoms with Crippen LogP contribution in [0.4, 0.5) is 15.8 Å². The average Bonchev–Trinajstić information content (AvgIpc) is 3.01. The molecule has 3 N–H and O–H groups in total. The Kier molecular flexibility index (Phi) is 10.9. The van der Waals surface area contributed by atoms with Crippen molar-refractivity contribution < 1.29 is 18.8 Å². The largest absolute Gasteiger partial charge is 0.323 e. The zero-order valence-electron chi connectivity index (χ0n) is 24.3. The van der Waals surface area contributed by atoms with E-state index in [1.807, 2.05) is 43.3 Å². The topological polar surface area (TPSA) is 87.3 Å². The van der Waals surface area contributed by atoms with Crippen LogP contribution in [0.2, 0.25) is 0 Å². The molecule has 0 bridgehead atoms. The fourth-order valence-corrected chi connectivity index (χ4v) is 5.21. The zero-order chi connectivity index (χ0) is 30.8. The van der Waals surface area contributed by atoms with Crippen molar-refractivity contribution in [3.8, 4) is 0 Å². The van der Waals surface area contributed by atoms with E-state index in [1.165, 1.54) is 29.5 Å². The van der Waals surface area contributed by atoms with Crippen LogP contribution in [0.1, 0.15) is 54.6 Å². The fraction of sp³-hybridized carbons (Fsp3) is 0.171. The lowest BCUT2D eigenvalue weighted by Crippen LogP contribution is -2.30. The summed E-state index contributed by atoms with van der Waals surface area (Å²) in [5, 5.41) is 7.80. The van der Waals surface area contributed by atoms with E-state index in [2.05, 4.69) is 29.8 Å². The molecule has 4 aromatic carbocycles. The van der Waals surface area contributed by atoms with E-state index in [-0.39, 0.29) is 17.3 Å². The maximum absolute atomic E-state index is 14.1.